The van der Waals surface area contributed by atoms with Crippen molar-refractivity contribution in [2.45, 2.75) is 57.8 Å². The topological polar surface area (TPSA) is 143 Å². The van der Waals surface area contributed by atoms with Crippen LogP contribution in [0.4, 0.5) is 0 Å². The summed E-state index contributed by atoms with van der Waals surface area (Å²) in [7, 11) is 0. The van der Waals surface area contributed by atoms with E-state index in [0.717, 1.165) is 154 Å². The van der Waals surface area contributed by atoms with Gasteiger partial charge in [-0.05, 0) is 161 Å². The van der Waals surface area contributed by atoms with Crippen molar-refractivity contribution in [3.05, 3.63) is 385 Å². The summed E-state index contributed by atoms with van der Waals surface area (Å²) in [6.07, 6.45) is 0. The van der Waals surface area contributed by atoms with Gasteiger partial charge in [0.25, 0.3) is 0 Å². The van der Waals surface area contributed by atoms with Crippen LogP contribution < -0.4 is 0 Å². The van der Waals surface area contributed by atoms with Crippen LogP contribution in [0.1, 0.15) is 74.9 Å². The number of hydrogen-bond acceptors (Lipinski definition) is 12. The molecule has 618 valence electrons. The van der Waals surface area contributed by atoms with Gasteiger partial charge in [0.2, 0.25) is 17.1 Å². The quantitative estimate of drug-likeness (QED) is 0.157. The predicted molar refractivity (Wildman–Crippen MR) is 536 cm³/mol. The number of nitrogens with zero attached hydrogens (tertiary/aromatic N) is 6. The maximum Gasteiger partial charge on any atom is 0.231 e. The molecule has 12 heteroatoms. The van der Waals surface area contributed by atoms with Crippen LogP contribution >= 0.6 is 11.3 Å². The maximum absolute atomic E-state index is 6.48. The molecule has 0 radical (unpaired) electrons. The van der Waals surface area contributed by atoms with Crippen LogP contribution in [-0.2, 0) is 16.2 Å². The Hall–Kier alpha value is -16.3. The van der Waals surface area contributed by atoms with Crippen LogP contribution in [0.5, 0.6) is 0 Å². The molecule has 0 atom stereocenters. The van der Waals surface area contributed by atoms with Gasteiger partial charge in [-0.1, -0.05) is 321 Å². The molecule has 11 nitrogen and oxygen atoms in total. The lowest BCUT2D eigenvalue weighted by molar-refractivity contribution is 0.653. The molecular formula is C119H76N6O5S. The van der Waals surface area contributed by atoms with Crippen molar-refractivity contribution in [2.24, 2.45) is 0 Å². The normalized spacial score (nSPS) is 13.8. The Morgan fingerprint density at radius 3 is 1.24 bits per heavy atom. The predicted octanol–water partition coefficient (Wildman–Crippen LogP) is 32.5. The molecule has 131 heavy (non-hydrogen) atoms. The number of aromatic nitrogens is 6. The molecule has 0 saturated carbocycles. The van der Waals surface area contributed by atoms with E-state index in [1.165, 1.54) is 97.7 Å². The summed E-state index contributed by atoms with van der Waals surface area (Å²) in [6, 6.07) is 123. The van der Waals surface area contributed by atoms with Crippen LogP contribution in [0.25, 0.3) is 253 Å². The van der Waals surface area contributed by atoms with E-state index in [1.807, 2.05) is 90.2 Å². The monoisotopic (exact) mass is 1700 g/mol. The Morgan fingerprint density at radius 2 is 0.618 bits per heavy atom. The van der Waals surface area contributed by atoms with E-state index in [0.29, 0.717) is 34.6 Å². The first-order valence-corrected chi connectivity index (χ1v) is 45.4. The minimum Gasteiger partial charge on any atom is -0.456 e. The molecule has 3 aliphatic carbocycles. The summed E-state index contributed by atoms with van der Waals surface area (Å²) in [5.41, 5.74) is 31.9. The van der Waals surface area contributed by atoms with Crippen LogP contribution in [0.3, 0.4) is 0 Å². The molecule has 9 heterocycles. The van der Waals surface area contributed by atoms with E-state index < -0.39 is 0 Å². The minimum absolute atomic E-state index is 0.0477. The number of furan rings is 5. The van der Waals surface area contributed by atoms with Gasteiger partial charge in [0.15, 0.2) is 17.5 Å². The number of fused-ring (bicyclic) bond motifs is 32. The highest BCUT2D eigenvalue weighted by Crippen LogP contribution is 2.59. The Labute approximate surface area is 754 Å². The Bertz CT molecular complexity index is 9440. The fourth-order valence-electron chi connectivity index (χ4n) is 21.9. The number of rotatable bonds is 6. The number of benzene rings is 17. The highest BCUT2D eigenvalue weighted by Gasteiger charge is 2.41. The highest BCUT2D eigenvalue weighted by atomic mass is 32.1. The molecule has 3 aliphatic rings. The lowest BCUT2D eigenvalue weighted by Gasteiger charge is -2.21. The first-order chi connectivity index (χ1) is 64.2. The molecule has 0 spiro atoms. The van der Waals surface area contributed by atoms with Crippen molar-refractivity contribution >= 4 is 163 Å². The van der Waals surface area contributed by atoms with E-state index >= 15 is 0 Å². The van der Waals surface area contributed by atoms with Gasteiger partial charge in [-0.15, -0.1) is 11.3 Å². The minimum atomic E-state index is -0.195. The van der Waals surface area contributed by atoms with Gasteiger partial charge in [0.05, 0.1) is 33.2 Å². The molecule has 0 bridgehead atoms. The second-order valence-electron chi connectivity index (χ2n) is 36.5. The zero-order valence-electron chi connectivity index (χ0n) is 72.1. The summed E-state index contributed by atoms with van der Waals surface area (Å²) in [6.45, 7) is 13.9. The van der Waals surface area contributed by atoms with Crippen LogP contribution in [0.15, 0.2) is 374 Å². The number of hydrogen-bond donors (Lipinski definition) is 0. The van der Waals surface area contributed by atoms with Gasteiger partial charge in [0.1, 0.15) is 39.1 Å². The Kier molecular flexibility index (Phi) is 15.9. The van der Waals surface area contributed by atoms with Crippen LogP contribution in [0, 0.1) is 0 Å². The van der Waals surface area contributed by atoms with Gasteiger partial charge in [0, 0.05) is 108 Å². The van der Waals surface area contributed by atoms with Gasteiger partial charge < -0.3 is 22.1 Å². The van der Waals surface area contributed by atoms with E-state index in [-0.39, 0.29) is 16.2 Å². The fraction of sp³-hybridized carbons (Fsp3) is 0.0756. The standard InChI is InChI=1S/C41H26N2O2.C41H26N2OS.C37H24N2O2/c1-41(2)30-13-7-5-11-27(30)35-31(41)18-20-34-36(35)29-22-25(17-19-33(29)44-34)38-37-28-12-6-8-14-32(28)45-40(37)43-39(42-38)26-16-15-23-9-3-4-10-24(23)21-26;1-41(2)30-19-7-5-14-26(30)34-31(41)21-22-33-35(34)28-17-10-18-29(38(28)45-33)37-36-27-15-6-8-20-32(27)44-40(36)43-39(42-37)25-16-9-12-23-11-3-4-13-24(23)25;1-37(2)26-18-19-30-32(24-12-6-8-14-28(24)40-30)31(26)23-17-16-22(20-27(23)37)35-38-34(21-10-4-3-5-11-21)33-25-13-7-9-15-29(25)41-36(33)39-35/h2*3-22H,1-2H3;3-20H,1-2H3. The van der Waals surface area contributed by atoms with Crippen LogP contribution in [-0.4, -0.2) is 29.9 Å². The Morgan fingerprint density at radius 1 is 0.214 bits per heavy atom. The smallest absolute Gasteiger partial charge is 0.231 e. The zero-order valence-corrected chi connectivity index (χ0v) is 72.9. The summed E-state index contributed by atoms with van der Waals surface area (Å²) in [5, 5.41) is 17.7. The molecular weight excluding hydrogens is 1630 g/mol. The largest absolute Gasteiger partial charge is 0.456 e. The van der Waals surface area contributed by atoms with Gasteiger partial charge in [-0.25, -0.2) is 15.0 Å². The molecule has 17 aromatic carbocycles. The fourth-order valence-corrected chi connectivity index (χ4v) is 23.1. The van der Waals surface area contributed by atoms with Gasteiger partial charge in [-0.3, -0.25) is 0 Å². The summed E-state index contributed by atoms with van der Waals surface area (Å²) >= 11 is 1.85. The summed E-state index contributed by atoms with van der Waals surface area (Å²) in [5.74, 6) is 1.96. The third-order valence-corrected chi connectivity index (χ3v) is 29.4. The maximum atomic E-state index is 6.48. The Balaban J connectivity index is 0.000000101. The van der Waals surface area contributed by atoms with Crippen molar-refractivity contribution in [1.82, 2.24) is 29.9 Å². The van der Waals surface area contributed by atoms with Gasteiger partial charge >= 0.3 is 0 Å². The highest BCUT2D eigenvalue weighted by molar-refractivity contribution is 7.26. The van der Waals surface area contributed by atoms with Crippen molar-refractivity contribution in [3.8, 4) is 101 Å². The molecule has 0 N–H and O–H groups in total. The molecule has 29 rings (SSSR count). The van der Waals surface area contributed by atoms with E-state index in [2.05, 4.69) is 315 Å². The third kappa shape index (κ3) is 11.1. The molecule has 0 fully saturated rings. The first kappa shape index (κ1) is 74.9. The molecule has 26 aromatic rings. The number of para-hydroxylation sites is 4. The molecule has 0 amide bonds. The molecule has 0 saturated heterocycles. The average molecular weight is 1700 g/mol. The molecule has 0 aliphatic heterocycles. The zero-order chi connectivity index (χ0) is 87.0. The van der Waals surface area contributed by atoms with E-state index in [4.69, 9.17) is 52.0 Å². The van der Waals surface area contributed by atoms with Crippen molar-refractivity contribution in [1.29, 1.82) is 0 Å². The van der Waals surface area contributed by atoms with Crippen molar-refractivity contribution in [2.75, 3.05) is 0 Å². The van der Waals surface area contributed by atoms with Gasteiger partial charge in [-0.2, -0.15) is 15.0 Å². The van der Waals surface area contributed by atoms with Crippen molar-refractivity contribution in [3.63, 3.8) is 0 Å². The first-order valence-electron chi connectivity index (χ1n) is 44.6. The lowest BCUT2D eigenvalue weighted by Crippen LogP contribution is -2.15. The van der Waals surface area contributed by atoms with Crippen molar-refractivity contribution < 1.29 is 22.1 Å². The van der Waals surface area contributed by atoms with E-state index in [1.54, 1.807) is 0 Å². The summed E-state index contributed by atoms with van der Waals surface area (Å²) < 4.78 is 34.3. The third-order valence-electron chi connectivity index (χ3n) is 28.2. The molecule has 9 aromatic heterocycles. The van der Waals surface area contributed by atoms with Crippen LogP contribution in [0.2, 0.25) is 0 Å². The summed E-state index contributed by atoms with van der Waals surface area (Å²) in [4.78, 5) is 30.9. The SMILES string of the molecule is CC1(C)c2cc(-c3nc(-c4ccccc4)c4c(n3)oc3ccccc34)ccc2-c2c1ccc1oc3ccccc3c21.CC1(C)c2ccccc2-c2c1ccc1oc3ccc(-c4nc(-c5ccc6ccccc6c5)nc5oc6ccccc6c45)cc3c21.CC1(C)c2ccccc2-c2c1ccc1sc3c(-c4nc(-c5cccc6ccccc56)nc5oc6ccccc6c45)cccc3c21. The molecule has 0 unspecified atom stereocenters. The lowest BCUT2D eigenvalue weighted by atomic mass is 9.81. The van der Waals surface area contributed by atoms with E-state index in [9.17, 15) is 0 Å². The second kappa shape index (κ2) is 27.9. The average Bonchev–Trinajstić information content (AvgIpc) is 1.56. The second-order valence-corrected chi connectivity index (χ2v) is 37.5. The number of thiophene rings is 1.